The Hall–Kier alpha value is -3.86. The summed E-state index contributed by atoms with van der Waals surface area (Å²) in [5.74, 6) is 1.92. The average molecular weight is 412 g/mol. The van der Waals surface area contributed by atoms with E-state index in [1.165, 1.54) is 7.11 Å². The number of pyridine rings is 1. The molecule has 0 bridgehead atoms. The molecule has 0 saturated heterocycles. The lowest BCUT2D eigenvalue weighted by molar-refractivity contribution is 0.0600. The zero-order chi connectivity index (χ0) is 21.8. The van der Waals surface area contributed by atoms with Gasteiger partial charge in [0.2, 0.25) is 0 Å². The van der Waals surface area contributed by atoms with Gasteiger partial charge >= 0.3 is 5.97 Å². The van der Waals surface area contributed by atoms with Gasteiger partial charge in [0, 0.05) is 12.2 Å². The highest BCUT2D eigenvalue weighted by atomic mass is 16.5. The highest BCUT2D eigenvalue weighted by Crippen LogP contribution is 2.35. The zero-order valence-corrected chi connectivity index (χ0v) is 17.8. The Morgan fingerprint density at radius 3 is 2.52 bits per heavy atom. The number of aromatic nitrogens is 1. The number of fused-ring (bicyclic) bond motifs is 1. The number of carbonyl (C=O) groups is 1. The summed E-state index contributed by atoms with van der Waals surface area (Å²) < 4.78 is 11.0. The molecule has 0 aliphatic heterocycles. The van der Waals surface area contributed by atoms with E-state index in [1.54, 1.807) is 18.3 Å². The third-order valence-electron chi connectivity index (χ3n) is 5.16. The molecule has 0 unspecified atom stereocenters. The number of hydrogen-bond acceptors (Lipinski definition) is 5. The number of rotatable bonds is 6. The van der Waals surface area contributed by atoms with Gasteiger partial charge in [-0.2, -0.15) is 0 Å². The van der Waals surface area contributed by atoms with E-state index in [2.05, 4.69) is 17.2 Å². The average Bonchev–Trinajstić information content (AvgIpc) is 2.79. The molecule has 0 saturated carbocycles. The predicted octanol–water partition coefficient (Wildman–Crippen LogP) is 6.30. The molecule has 4 aromatic rings. The van der Waals surface area contributed by atoms with Crippen molar-refractivity contribution < 1.29 is 14.3 Å². The molecule has 1 heterocycles. The fraction of sp³-hybridized carbons (Fsp3) is 0.154. The molecule has 0 amide bonds. The van der Waals surface area contributed by atoms with Crippen molar-refractivity contribution in [1.82, 2.24) is 4.98 Å². The molecular formula is C26H24N2O3. The Balaban J connectivity index is 1.65. The molecule has 5 heteroatoms. The monoisotopic (exact) mass is 412 g/mol. The van der Waals surface area contributed by atoms with Gasteiger partial charge in [-0.15, -0.1) is 0 Å². The van der Waals surface area contributed by atoms with E-state index in [-0.39, 0.29) is 12.0 Å². The summed E-state index contributed by atoms with van der Waals surface area (Å²) >= 11 is 0. The van der Waals surface area contributed by atoms with Crippen LogP contribution in [-0.4, -0.2) is 18.1 Å². The van der Waals surface area contributed by atoms with Crippen LogP contribution in [0, 0.1) is 6.92 Å². The molecule has 4 rings (SSSR count). The van der Waals surface area contributed by atoms with Gasteiger partial charge in [0.05, 0.1) is 18.1 Å². The third kappa shape index (κ3) is 4.51. The number of methoxy groups -OCH3 is 1. The van der Waals surface area contributed by atoms with E-state index in [1.807, 2.05) is 67.6 Å². The minimum Gasteiger partial charge on any atom is -0.465 e. The van der Waals surface area contributed by atoms with E-state index in [0.29, 0.717) is 5.56 Å². The van der Waals surface area contributed by atoms with E-state index < -0.39 is 0 Å². The van der Waals surface area contributed by atoms with E-state index in [0.717, 1.165) is 39.2 Å². The van der Waals surface area contributed by atoms with Crippen LogP contribution in [-0.2, 0) is 4.74 Å². The molecule has 156 valence electrons. The highest BCUT2D eigenvalue weighted by Gasteiger charge is 2.14. The molecule has 0 fully saturated rings. The maximum atomic E-state index is 11.7. The molecule has 0 spiro atoms. The minimum absolute atomic E-state index is 0.0307. The Morgan fingerprint density at radius 1 is 1.00 bits per heavy atom. The largest absolute Gasteiger partial charge is 0.465 e. The maximum absolute atomic E-state index is 11.7. The number of aryl methyl sites for hydroxylation is 1. The number of ether oxygens (including phenoxy) is 2. The van der Waals surface area contributed by atoms with E-state index in [4.69, 9.17) is 9.47 Å². The van der Waals surface area contributed by atoms with Crippen molar-refractivity contribution in [2.24, 2.45) is 0 Å². The molecule has 0 radical (unpaired) electrons. The van der Waals surface area contributed by atoms with E-state index in [9.17, 15) is 4.79 Å². The molecule has 0 aliphatic rings. The number of nitrogens with zero attached hydrogens (tertiary/aromatic N) is 1. The lowest BCUT2D eigenvalue weighted by atomic mass is 10.1. The van der Waals surface area contributed by atoms with Crippen LogP contribution in [0.3, 0.4) is 0 Å². The summed E-state index contributed by atoms with van der Waals surface area (Å²) in [6, 6.07) is 23.2. The van der Waals surface area contributed by atoms with Crippen LogP contribution < -0.4 is 10.1 Å². The van der Waals surface area contributed by atoms with Gasteiger partial charge in [-0.05, 0) is 66.8 Å². The van der Waals surface area contributed by atoms with Crippen LogP contribution in [0.15, 0.2) is 79.0 Å². The van der Waals surface area contributed by atoms with Crippen LogP contribution in [0.4, 0.5) is 5.82 Å². The normalized spacial score (nSPS) is 11.7. The second-order valence-corrected chi connectivity index (χ2v) is 7.41. The topological polar surface area (TPSA) is 60.5 Å². The van der Waals surface area contributed by atoms with Crippen molar-refractivity contribution >= 4 is 22.6 Å². The van der Waals surface area contributed by atoms with Gasteiger partial charge in [0.15, 0.2) is 0 Å². The first-order valence-corrected chi connectivity index (χ1v) is 10.1. The fourth-order valence-corrected chi connectivity index (χ4v) is 3.51. The Morgan fingerprint density at radius 2 is 1.77 bits per heavy atom. The van der Waals surface area contributed by atoms with Crippen molar-refractivity contribution in [3.63, 3.8) is 0 Å². The number of anilines is 1. The summed E-state index contributed by atoms with van der Waals surface area (Å²) in [4.78, 5) is 16.3. The molecular weight excluding hydrogens is 388 g/mol. The number of benzene rings is 3. The number of esters is 1. The van der Waals surface area contributed by atoms with Gasteiger partial charge in [0.25, 0.3) is 0 Å². The zero-order valence-electron chi connectivity index (χ0n) is 17.8. The van der Waals surface area contributed by atoms with Gasteiger partial charge in [-0.3, -0.25) is 0 Å². The maximum Gasteiger partial charge on any atom is 0.337 e. The third-order valence-corrected chi connectivity index (χ3v) is 5.16. The van der Waals surface area contributed by atoms with E-state index >= 15 is 0 Å². The van der Waals surface area contributed by atoms with Crippen LogP contribution >= 0.6 is 0 Å². The summed E-state index contributed by atoms with van der Waals surface area (Å²) in [6.45, 7) is 4.09. The Bertz CT molecular complexity index is 1210. The van der Waals surface area contributed by atoms with Crippen molar-refractivity contribution in [1.29, 1.82) is 0 Å². The molecule has 0 aliphatic carbocycles. The quantitative estimate of drug-likeness (QED) is 0.377. The smallest absolute Gasteiger partial charge is 0.337 e. The second kappa shape index (κ2) is 8.88. The van der Waals surface area contributed by atoms with Gasteiger partial charge in [0.1, 0.15) is 17.3 Å². The van der Waals surface area contributed by atoms with Gasteiger partial charge in [-0.1, -0.05) is 36.4 Å². The first-order chi connectivity index (χ1) is 15.0. The fourth-order valence-electron chi connectivity index (χ4n) is 3.51. The number of carbonyl (C=O) groups excluding carboxylic acids is 1. The first-order valence-electron chi connectivity index (χ1n) is 10.1. The van der Waals surface area contributed by atoms with Crippen molar-refractivity contribution in [2.45, 2.75) is 19.9 Å². The predicted molar refractivity (Wildman–Crippen MR) is 123 cm³/mol. The summed E-state index contributed by atoms with van der Waals surface area (Å²) in [6.07, 6.45) is 1.79. The molecule has 1 atom stereocenters. The van der Waals surface area contributed by atoms with Gasteiger partial charge < -0.3 is 14.8 Å². The minimum atomic E-state index is -0.346. The number of hydrogen-bond donors (Lipinski definition) is 1. The Kier molecular flexibility index (Phi) is 5.85. The summed E-state index contributed by atoms with van der Waals surface area (Å²) in [7, 11) is 1.38. The second-order valence-electron chi connectivity index (χ2n) is 7.41. The van der Waals surface area contributed by atoms with Crippen molar-refractivity contribution in [3.8, 4) is 11.5 Å². The lowest BCUT2D eigenvalue weighted by Crippen LogP contribution is -2.09. The van der Waals surface area contributed by atoms with Crippen molar-refractivity contribution in [3.05, 3.63) is 95.7 Å². The van der Waals surface area contributed by atoms with Gasteiger partial charge in [-0.25, -0.2) is 9.78 Å². The SMILES string of the molecule is COC(=O)c1ccc([C@H](C)Nc2nccc3cccc(Oc4cccc(C)c4)c23)cc1. The molecule has 1 aromatic heterocycles. The highest BCUT2D eigenvalue weighted by molar-refractivity contribution is 5.97. The number of nitrogens with one attached hydrogen (secondary N) is 1. The standard InChI is InChI=1S/C26H24N2O3/c1-17-6-4-8-22(16-17)31-23-9-5-7-20-14-15-27-25(24(20)23)28-18(2)19-10-12-21(13-11-19)26(29)30-3/h4-16,18H,1-3H3,(H,27,28)/t18-/m0/s1. The Labute approximate surface area is 181 Å². The molecule has 31 heavy (non-hydrogen) atoms. The van der Waals surface area contributed by atoms with Crippen LogP contribution in [0.25, 0.3) is 10.8 Å². The van der Waals surface area contributed by atoms with Crippen LogP contribution in [0.1, 0.15) is 34.5 Å². The lowest BCUT2D eigenvalue weighted by Gasteiger charge is -2.18. The van der Waals surface area contributed by atoms with Crippen LogP contribution in [0.5, 0.6) is 11.5 Å². The summed E-state index contributed by atoms with van der Waals surface area (Å²) in [5.41, 5.74) is 2.69. The molecule has 5 nitrogen and oxygen atoms in total. The first kappa shape index (κ1) is 20.4. The summed E-state index contributed by atoms with van der Waals surface area (Å²) in [5, 5.41) is 5.45. The molecule has 1 N–H and O–H groups in total. The van der Waals surface area contributed by atoms with Crippen LogP contribution in [0.2, 0.25) is 0 Å². The van der Waals surface area contributed by atoms with Crippen molar-refractivity contribution in [2.75, 3.05) is 12.4 Å². The molecule has 3 aromatic carbocycles.